The summed E-state index contributed by atoms with van der Waals surface area (Å²) in [5.41, 5.74) is 7.49. The first kappa shape index (κ1) is 17.9. The third-order valence-corrected chi connectivity index (χ3v) is 5.44. The van der Waals surface area contributed by atoms with Crippen LogP contribution in [0.4, 0.5) is 5.69 Å². The van der Waals surface area contributed by atoms with Crippen molar-refractivity contribution in [3.8, 4) is 0 Å². The van der Waals surface area contributed by atoms with Gasteiger partial charge in [0.25, 0.3) is 0 Å². The van der Waals surface area contributed by atoms with Gasteiger partial charge in [-0.15, -0.1) is 0 Å². The number of halogens is 1. The lowest BCUT2D eigenvalue weighted by molar-refractivity contribution is -0.119. The molecule has 0 aromatic heterocycles. The maximum Gasteiger partial charge on any atom is 0.230 e. The number of nitrogens with one attached hydrogen (secondary N) is 3. The monoisotopic (exact) mass is 379 g/mol. The minimum Gasteiger partial charge on any atom is -0.326 e. The summed E-state index contributed by atoms with van der Waals surface area (Å²) in [6, 6.07) is 13.3. The molecule has 3 N–H and O–H groups in total. The topological polar surface area (TPSA) is 87.3 Å². The van der Waals surface area contributed by atoms with Gasteiger partial charge < -0.3 is 5.32 Å². The van der Waals surface area contributed by atoms with Gasteiger partial charge in [0, 0.05) is 23.5 Å². The molecule has 0 bridgehead atoms. The summed E-state index contributed by atoms with van der Waals surface area (Å²) in [4.78, 5) is 12.8. The smallest absolute Gasteiger partial charge is 0.230 e. The Morgan fingerprint density at radius 3 is 2.60 bits per heavy atom. The van der Waals surface area contributed by atoms with Crippen molar-refractivity contribution < 1.29 is 13.2 Å². The Hall–Kier alpha value is -1.93. The van der Waals surface area contributed by atoms with Crippen LogP contribution in [-0.4, -0.2) is 27.1 Å². The summed E-state index contributed by atoms with van der Waals surface area (Å²) in [5.74, 6) is -0.536. The molecule has 0 radical (unpaired) electrons. The second-order valence-electron chi connectivity index (χ2n) is 5.95. The van der Waals surface area contributed by atoms with Gasteiger partial charge in [0.15, 0.2) is 9.84 Å². The van der Waals surface area contributed by atoms with Crippen LogP contribution in [0.1, 0.15) is 11.6 Å². The molecule has 1 aliphatic heterocycles. The normalized spacial score (nSPS) is 20.4. The zero-order valence-corrected chi connectivity index (χ0v) is 15.1. The molecule has 132 valence electrons. The number of sulfone groups is 1. The van der Waals surface area contributed by atoms with E-state index in [1.807, 2.05) is 12.1 Å². The Morgan fingerprint density at radius 1 is 1.20 bits per heavy atom. The predicted octanol–water partition coefficient (Wildman–Crippen LogP) is 2.15. The van der Waals surface area contributed by atoms with E-state index in [-0.39, 0.29) is 22.8 Å². The lowest BCUT2D eigenvalue weighted by Crippen LogP contribution is -2.29. The van der Waals surface area contributed by atoms with E-state index in [0.29, 0.717) is 17.3 Å². The molecule has 0 spiro atoms. The molecule has 2 aromatic carbocycles. The van der Waals surface area contributed by atoms with Gasteiger partial charge in [-0.3, -0.25) is 10.2 Å². The highest BCUT2D eigenvalue weighted by Gasteiger charge is 2.34. The third kappa shape index (κ3) is 4.19. The van der Waals surface area contributed by atoms with E-state index in [0.717, 1.165) is 11.8 Å². The zero-order valence-electron chi connectivity index (χ0n) is 13.5. The van der Waals surface area contributed by atoms with E-state index in [9.17, 15) is 13.2 Å². The molecule has 1 aliphatic rings. The molecule has 2 unspecified atom stereocenters. The average Bonchev–Trinajstić information content (AvgIpc) is 3.05. The number of hydrogen-bond acceptors (Lipinski definition) is 5. The van der Waals surface area contributed by atoms with Crippen LogP contribution < -0.4 is 16.2 Å². The summed E-state index contributed by atoms with van der Waals surface area (Å²) >= 11 is 5.91. The van der Waals surface area contributed by atoms with E-state index < -0.39 is 9.84 Å². The van der Waals surface area contributed by atoms with Gasteiger partial charge in [-0.05, 0) is 35.9 Å². The fourth-order valence-corrected chi connectivity index (χ4v) is 3.56. The van der Waals surface area contributed by atoms with E-state index >= 15 is 0 Å². The van der Waals surface area contributed by atoms with Crippen LogP contribution in [0, 0.1) is 5.92 Å². The van der Waals surface area contributed by atoms with Gasteiger partial charge in [-0.2, -0.15) is 0 Å². The van der Waals surface area contributed by atoms with Crippen molar-refractivity contribution in [3.63, 3.8) is 0 Å². The third-order valence-electron chi connectivity index (χ3n) is 4.08. The fourth-order valence-electron chi connectivity index (χ4n) is 2.77. The number of hydrogen-bond donors (Lipinski definition) is 3. The molecular weight excluding hydrogens is 362 g/mol. The molecule has 0 aliphatic carbocycles. The first-order chi connectivity index (χ1) is 11.8. The highest BCUT2D eigenvalue weighted by atomic mass is 35.5. The van der Waals surface area contributed by atoms with Crippen molar-refractivity contribution in [1.29, 1.82) is 0 Å². The molecule has 1 saturated heterocycles. The molecule has 25 heavy (non-hydrogen) atoms. The van der Waals surface area contributed by atoms with Crippen LogP contribution in [0.25, 0.3) is 0 Å². The van der Waals surface area contributed by atoms with Gasteiger partial charge >= 0.3 is 0 Å². The highest BCUT2D eigenvalue weighted by molar-refractivity contribution is 7.90. The predicted molar refractivity (Wildman–Crippen MR) is 97.0 cm³/mol. The van der Waals surface area contributed by atoms with Crippen LogP contribution in [0.5, 0.6) is 0 Å². The van der Waals surface area contributed by atoms with Crippen LogP contribution in [0.3, 0.4) is 0 Å². The summed E-state index contributed by atoms with van der Waals surface area (Å²) < 4.78 is 23.3. The Bertz CT molecular complexity index is 884. The molecule has 0 saturated carbocycles. The highest BCUT2D eigenvalue weighted by Crippen LogP contribution is 2.27. The largest absolute Gasteiger partial charge is 0.326 e. The van der Waals surface area contributed by atoms with Crippen molar-refractivity contribution in [2.45, 2.75) is 10.9 Å². The first-order valence-corrected chi connectivity index (χ1v) is 9.96. The van der Waals surface area contributed by atoms with Gasteiger partial charge in [0.1, 0.15) is 0 Å². The van der Waals surface area contributed by atoms with Gasteiger partial charge in [0.05, 0.1) is 16.9 Å². The van der Waals surface area contributed by atoms with Crippen LogP contribution in [-0.2, 0) is 14.6 Å². The number of carbonyl (C=O) groups excluding carboxylic acids is 1. The molecule has 2 atom stereocenters. The second kappa shape index (κ2) is 7.13. The maximum absolute atomic E-state index is 12.7. The second-order valence-corrected chi connectivity index (χ2v) is 8.40. The standard InChI is InChI=1S/C17H18ClN3O3S/c1-25(23,24)14-4-2-3-13(9-14)20-17(22)15-10-19-21-16(15)11-5-7-12(18)8-6-11/h2-9,15-16,19,21H,10H2,1H3,(H,20,22). The average molecular weight is 380 g/mol. The van der Waals surface area contributed by atoms with E-state index in [1.165, 1.54) is 12.1 Å². The number of hydrazine groups is 1. The summed E-state index contributed by atoms with van der Waals surface area (Å²) in [6.07, 6.45) is 1.13. The number of carbonyl (C=O) groups is 1. The van der Waals surface area contributed by atoms with E-state index in [1.54, 1.807) is 24.3 Å². The molecule has 3 rings (SSSR count). The first-order valence-electron chi connectivity index (χ1n) is 7.69. The minimum atomic E-state index is -3.33. The quantitative estimate of drug-likeness (QED) is 0.757. The summed E-state index contributed by atoms with van der Waals surface area (Å²) in [7, 11) is -3.33. The molecule has 1 amide bonds. The van der Waals surface area contributed by atoms with Crippen molar-refractivity contribution in [3.05, 3.63) is 59.1 Å². The van der Waals surface area contributed by atoms with E-state index in [4.69, 9.17) is 11.6 Å². The maximum atomic E-state index is 12.7. The molecule has 2 aromatic rings. The van der Waals surface area contributed by atoms with Gasteiger partial charge in [-0.1, -0.05) is 29.8 Å². The molecule has 1 fully saturated rings. The van der Waals surface area contributed by atoms with Crippen LogP contribution in [0.15, 0.2) is 53.4 Å². The molecule has 6 nitrogen and oxygen atoms in total. The van der Waals surface area contributed by atoms with E-state index in [2.05, 4.69) is 16.2 Å². The number of anilines is 1. The van der Waals surface area contributed by atoms with Crippen LogP contribution >= 0.6 is 11.6 Å². The lowest BCUT2D eigenvalue weighted by atomic mass is 9.94. The SMILES string of the molecule is CS(=O)(=O)c1cccc(NC(=O)C2CNNC2c2ccc(Cl)cc2)c1. The number of amides is 1. The number of benzene rings is 2. The Labute approximate surface area is 151 Å². The number of rotatable bonds is 4. The fraction of sp³-hybridized carbons (Fsp3) is 0.235. The summed E-state index contributed by atoms with van der Waals surface area (Å²) in [6.45, 7) is 0.463. The van der Waals surface area contributed by atoms with Gasteiger partial charge in [0.2, 0.25) is 5.91 Å². The Kier molecular flexibility index (Phi) is 5.10. The van der Waals surface area contributed by atoms with Crippen molar-refractivity contribution >= 4 is 33.0 Å². The minimum absolute atomic E-state index is 0.169. The Balaban J connectivity index is 1.77. The Morgan fingerprint density at radius 2 is 1.92 bits per heavy atom. The zero-order chi connectivity index (χ0) is 18.0. The van der Waals surface area contributed by atoms with Crippen LogP contribution in [0.2, 0.25) is 5.02 Å². The van der Waals surface area contributed by atoms with Crippen molar-refractivity contribution in [1.82, 2.24) is 10.9 Å². The van der Waals surface area contributed by atoms with Gasteiger partial charge in [-0.25, -0.2) is 13.8 Å². The van der Waals surface area contributed by atoms with Crippen molar-refractivity contribution in [2.24, 2.45) is 5.92 Å². The van der Waals surface area contributed by atoms with Crippen molar-refractivity contribution in [2.75, 3.05) is 18.1 Å². The summed E-state index contributed by atoms with van der Waals surface area (Å²) in [5, 5.41) is 3.43. The molecular formula is C17H18ClN3O3S. The molecule has 1 heterocycles. The molecule has 8 heteroatoms. The lowest BCUT2D eigenvalue weighted by Gasteiger charge is -2.18.